The lowest BCUT2D eigenvalue weighted by Gasteiger charge is -2.24. The molecule has 1 aromatic heterocycles. The summed E-state index contributed by atoms with van der Waals surface area (Å²) < 4.78 is 28.5. The molecule has 0 aliphatic carbocycles. The molecule has 1 aliphatic heterocycles. The molecule has 0 spiro atoms. The summed E-state index contributed by atoms with van der Waals surface area (Å²) in [6.45, 7) is 5.00. The van der Waals surface area contributed by atoms with Gasteiger partial charge in [0.2, 0.25) is 0 Å². The van der Waals surface area contributed by atoms with Crippen LogP contribution in [0.2, 0.25) is 0 Å². The minimum Gasteiger partial charge on any atom is -0.392 e. The predicted molar refractivity (Wildman–Crippen MR) is 80.5 cm³/mol. The highest BCUT2D eigenvalue weighted by Crippen LogP contribution is 2.34. The highest BCUT2D eigenvalue weighted by molar-refractivity contribution is 5.23. The second kappa shape index (κ2) is 6.33. The number of hydrogen-bond acceptors (Lipinski definition) is 4. The standard InChI is InChI=1S/C16H20F2N4O/c1-10(2)22-16(19-9-20-22)8-21-7-12(23)6-15(21)11-3-4-13(17)14(18)5-11/h3-5,9-10,12,15,23H,6-8H2,1-2H3/t12-,15-/m1/s1. The molecule has 0 radical (unpaired) electrons. The summed E-state index contributed by atoms with van der Waals surface area (Å²) in [6.07, 6.45) is 1.50. The van der Waals surface area contributed by atoms with Crippen LogP contribution in [-0.4, -0.2) is 37.4 Å². The zero-order valence-corrected chi connectivity index (χ0v) is 13.2. The first kappa shape index (κ1) is 16.0. The van der Waals surface area contributed by atoms with E-state index in [1.807, 2.05) is 23.4 Å². The van der Waals surface area contributed by atoms with E-state index in [-0.39, 0.29) is 12.1 Å². The normalized spacial score (nSPS) is 22.2. The number of likely N-dealkylation sites (tertiary alicyclic amines) is 1. The molecular formula is C16H20F2N4O. The first-order valence-electron chi connectivity index (χ1n) is 7.71. The summed E-state index contributed by atoms with van der Waals surface area (Å²) in [4.78, 5) is 6.31. The molecule has 1 fully saturated rings. The number of benzene rings is 1. The SMILES string of the molecule is CC(C)n1ncnc1CN1C[C@H](O)C[C@@H]1c1ccc(F)c(F)c1. The Balaban J connectivity index is 1.85. The van der Waals surface area contributed by atoms with Crippen LogP contribution in [0, 0.1) is 11.6 Å². The van der Waals surface area contributed by atoms with Crippen molar-refractivity contribution in [1.29, 1.82) is 0 Å². The third-order valence-electron chi connectivity index (χ3n) is 4.19. The third kappa shape index (κ3) is 3.25. The number of halogens is 2. The smallest absolute Gasteiger partial charge is 0.159 e. The van der Waals surface area contributed by atoms with Crippen molar-refractivity contribution in [1.82, 2.24) is 19.7 Å². The molecule has 1 saturated heterocycles. The van der Waals surface area contributed by atoms with Crippen LogP contribution >= 0.6 is 0 Å². The average molecular weight is 322 g/mol. The van der Waals surface area contributed by atoms with Crippen LogP contribution in [-0.2, 0) is 6.54 Å². The minimum absolute atomic E-state index is 0.169. The van der Waals surface area contributed by atoms with E-state index in [0.29, 0.717) is 25.1 Å². The number of aromatic nitrogens is 3. The van der Waals surface area contributed by atoms with E-state index in [0.717, 1.165) is 11.9 Å². The largest absolute Gasteiger partial charge is 0.392 e. The van der Waals surface area contributed by atoms with Gasteiger partial charge in [0.25, 0.3) is 0 Å². The Kier molecular flexibility index (Phi) is 4.41. The molecule has 0 amide bonds. The molecule has 124 valence electrons. The van der Waals surface area contributed by atoms with Gasteiger partial charge in [0.1, 0.15) is 12.2 Å². The molecule has 1 aromatic carbocycles. The molecule has 23 heavy (non-hydrogen) atoms. The van der Waals surface area contributed by atoms with E-state index in [2.05, 4.69) is 10.1 Å². The average Bonchev–Trinajstić information content (AvgIpc) is 3.09. The molecule has 0 unspecified atom stereocenters. The fourth-order valence-corrected chi connectivity index (χ4v) is 3.12. The van der Waals surface area contributed by atoms with Crippen molar-refractivity contribution in [2.24, 2.45) is 0 Å². The third-order valence-corrected chi connectivity index (χ3v) is 4.19. The molecule has 7 heteroatoms. The molecule has 0 saturated carbocycles. The molecule has 2 atom stereocenters. The number of hydrogen-bond donors (Lipinski definition) is 1. The second-order valence-electron chi connectivity index (χ2n) is 6.22. The van der Waals surface area contributed by atoms with Crippen molar-refractivity contribution >= 4 is 0 Å². The summed E-state index contributed by atoms with van der Waals surface area (Å²) in [6, 6.07) is 3.92. The summed E-state index contributed by atoms with van der Waals surface area (Å²) in [7, 11) is 0. The lowest BCUT2D eigenvalue weighted by molar-refractivity contribution is 0.170. The van der Waals surface area contributed by atoms with Gasteiger partial charge < -0.3 is 5.11 Å². The van der Waals surface area contributed by atoms with E-state index in [4.69, 9.17) is 0 Å². The molecule has 1 N–H and O–H groups in total. The highest BCUT2D eigenvalue weighted by atomic mass is 19.2. The maximum absolute atomic E-state index is 13.5. The van der Waals surface area contributed by atoms with Gasteiger partial charge >= 0.3 is 0 Å². The van der Waals surface area contributed by atoms with E-state index < -0.39 is 17.7 Å². The summed E-state index contributed by atoms with van der Waals surface area (Å²) >= 11 is 0. The fourth-order valence-electron chi connectivity index (χ4n) is 3.12. The molecule has 3 rings (SSSR count). The Morgan fingerprint density at radius 1 is 1.30 bits per heavy atom. The van der Waals surface area contributed by atoms with Gasteiger partial charge in [-0.05, 0) is 38.0 Å². The molecular weight excluding hydrogens is 302 g/mol. The quantitative estimate of drug-likeness (QED) is 0.939. The zero-order chi connectivity index (χ0) is 16.6. The van der Waals surface area contributed by atoms with Crippen molar-refractivity contribution in [3.63, 3.8) is 0 Å². The van der Waals surface area contributed by atoms with Crippen molar-refractivity contribution in [3.8, 4) is 0 Å². The van der Waals surface area contributed by atoms with Crippen molar-refractivity contribution in [2.45, 2.75) is 45.0 Å². The van der Waals surface area contributed by atoms with Gasteiger partial charge in [-0.25, -0.2) is 18.4 Å². The molecule has 1 aliphatic rings. The van der Waals surface area contributed by atoms with Crippen LogP contribution in [0.25, 0.3) is 0 Å². The Bertz CT molecular complexity index is 688. The van der Waals surface area contributed by atoms with Gasteiger partial charge in [-0.1, -0.05) is 6.07 Å². The van der Waals surface area contributed by atoms with E-state index in [1.165, 1.54) is 12.4 Å². The lowest BCUT2D eigenvalue weighted by atomic mass is 10.0. The van der Waals surface area contributed by atoms with E-state index in [1.54, 1.807) is 6.07 Å². The monoisotopic (exact) mass is 322 g/mol. The summed E-state index contributed by atoms with van der Waals surface area (Å²) in [5.41, 5.74) is 0.663. The van der Waals surface area contributed by atoms with E-state index in [9.17, 15) is 13.9 Å². The summed E-state index contributed by atoms with van der Waals surface area (Å²) in [5, 5.41) is 14.2. The van der Waals surface area contributed by atoms with Gasteiger partial charge in [0, 0.05) is 18.6 Å². The zero-order valence-electron chi connectivity index (χ0n) is 13.2. The van der Waals surface area contributed by atoms with Crippen molar-refractivity contribution < 1.29 is 13.9 Å². The maximum atomic E-state index is 13.5. The van der Waals surface area contributed by atoms with Crippen LogP contribution in [0.4, 0.5) is 8.78 Å². The molecule has 2 aromatic rings. The lowest BCUT2D eigenvalue weighted by Crippen LogP contribution is -2.26. The van der Waals surface area contributed by atoms with Crippen LogP contribution < -0.4 is 0 Å². The first-order valence-corrected chi connectivity index (χ1v) is 7.71. The Labute approximate surface area is 133 Å². The minimum atomic E-state index is -0.866. The Morgan fingerprint density at radius 2 is 2.09 bits per heavy atom. The number of β-amino-alcohol motifs (C(OH)–C–C–N with tert-alkyl or cyclic N) is 1. The number of aliphatic hydroxyl groups is 1. The molecule has 0 bridgehead atoms. The summed E-state index contributed by atoms with van der Waals surface area (Å²) in [5.74, 6) is -0.936. The fraction of sp³-hybridized carbons (Fsp3) is 0.500. The number of nitrogens with zero attached hydrogens (tertiary/aromatic N) is 4. The molecule has 2 heterocycles. The van der Waals surface area contributed by atoms with Crippen LogP contribution in [0.3, 0.4) is 0 Å². The number of rotatable bonds is 4. The van der Waals surface area contributed by atoms with Gasteiger partial charge in [-0.15, -0.1) is 0 Å². The van der Waals surface area contributed by atoms with Crippen molar-refractivity contribution in [3.05, 3.63) is 47.5 Å². The Morgan fingerprint density at radius 3 is 2.78 bits per heavy atom. The maximum Gasteiger partial charge on any atom is 0.159 e. The second-order valence-corrected chi connectivity index (χ2v) is 6.22. The van der Waals surface area contributed by atoms with Crippen molar-refractivity contribution in [2.75, 3.05) is 6.54 Å². The van der Waals surface area contributed by atoms with Crippen LogP contribution in [0.1, 0.15) is 43.7 Å². The highest BCUT2D eigenvalue weighted by Gasteiger charge is 2.33. The van der Waals surface area contributed by atoms with Gasteiger partial charge in [-0.2, -0.15) is 5.10 Å². The van der Waals surface area contributed by atoms with E-state index >= 15 is 0 Å². The first-order chi connectivity index (χ1) is 11.0. The topological polar surface area (TPSA) is 54.2 Å². The van der Waals surface area contributed by atoms with Gasteiger partial charge in [0.15, 0.2) is 11.6 Å². The van der Waals surface area contributed by atoms with Gasteiger partial charge in [0.05, 0.1) is 12.6 Å². The predicted octanol–water partition coefficient (Wildman–Crippen LogP) is 2.45. The van der Waals surface area contributed by atoms with Crippen LogP contribution in [0.5, 0.6) is 0 Å². The molecule has 5 nitrogen and oxygen atoms in total. The Hall–Kier alpha value is -1.86. The van der Waals surface area contributed by atoms with Gasteiger partial charge in [-0.3, -0.25) is 4.90 Å². The number of aliphatic hydroxyl groups excluding tert-OH is 1. The van der Waals surface area contributed by atoms with Crippen LogP contribution in [0.15, 0.2) is 24.5 Å².